The molecule has 0 aliphatic heterocycles. The number of aromatic nitrogens is 1. The van der Waals surface area contributed by atoms with Crippen LogP contribution in [0.4, 0.5) is 5.82 Å². The summed E-state index contributed by atoms with van der Waals surface area (Å²) in [7, 11) is 0. The molecule has 0 bridgehead atoms. The lowest BCUT2D eigenvalue weighted by Gasteiger charge is -2.10. The number of hydrogen-bond donors (Lipinski definition) is 2. The lowest BCUT2D eigenvalue weighted by molar-refractivity contribution is 0.0954. The van der Waals surface area contributed by atoms with Gasteiger partial charge >= 0.3 is 0 Å². The highest BCUT2D eigenvalue weighted by Gasteiger charge is 2.11. The molecule has 0 unspecified atom stereocenters. The van der Waals surface area contributed by atoms with E-state index in [0.717, 1.165) is 19.4 Å². The van der Waals surface area contributed by atoms with Crippen LogP contribution in [0.2, 0.25) is 0 Å². The second-order valence-electron chi connectivity index (χ2n) is 4.46. The quantitative estimate of drug-likeness (QED) is 0.824. The van der Waals surface area contributed by atoms with Crippen molar-refractivity contribution in [3.63, 3.8) is 0 Å². The maximum Gasteiger partial charge on any atom is 0.255 e. The van der Waals surface area contributed by atoms with Gasteiger partial charge in [-0.2, -0.15) is 11.3 Å². The standard InChI is InChI=1S/C15H19N3OS/c1-2-7-16-14-13(4-3-8-17-14)15(19)18-9-5-12-6-10-20-11-12/h3-4,6,8,10-11H,2,5,7,9H2,1H3,(H,16,17)(H,18,19). The van der Waals surface area contributed by atoms with Gasteiger partial charge < -0.3 is 10.6 Å². The molecule has 0 saturated carbocycles. The summed E-state index contributed by atoms with van der Waals surface area (Å²) in [5.74, 6) is 0.578. The summed E-state index contributed by atoms with van der Waals surface area (Å²) in [5.41, 5.74) is 1.86. The van der Waals surface area contributed by atoms with Gasteiger partial charge in [0.05, 0.1) is 5.56 Å². The van der Waals surface area contributed by atoms with Gasteiger partial charge in [0.15, 0.2) is 0 Å². The van der Waals surface area contributed by atoms with Crippen molar-refractivity contribution in [1.82, 2.24) is 10.3 Å². The summed E-state index contributed by atoms with van der Waals surface area (Å²) in [5, 5.41) is 10.3. The molecule has 0 fully saturated rings. The smallest absolute Gasteiger partial charge is 0.255 e. The predicted octanol–water partition coefficient (Wildman–Crippen LogP) is 2.94. The molecule has 2 rings (SSSR count). The fraction of sp³-hybridized carbons (Fsp3) is 0.333. The zero-order chi connectivity index (χ0) is 14.2. The molecule has 4 nitrogen and oxygen atoms in total. The lowest BCUT2D eigenvalue weighted by atomic mass is 10.2. The van der Waals surface area contributed by atoms with Crippen LogP contribution in [0.15, 0.2) is 35.2 Å². The molecule has 0 aliphatic rings. The van der Waals surface area contributed by atoms with E-state index in [0.29, 0.717) is 17.9 Å². The first-order valence-electron chi connectivity index (χ1n) is 6.79. The molecule has 5 heteroatoms. The molecule has 106 valence electrons. The first-order chi connectivity index (χ1) is 9.81. The first kappa shape index (κ1) is 14.5. The number of nitrogens with zero attached hydrogens (tertiary/aromatic N) is 1. The number of nitrogens with one attached hydrogen (secondary N) is 2. The monoisotopic (exact) mass is 289 g/mol. The molecule has 0 radical (unpaired) electrons. The largest absolute Gasteiger partial charge is 0.369 e. The van der Waals surface area contributed by atoms with Crippen LogP contribution in [0.25, 0.3) is 0 Å². The SMILES string of the molecule is CCCNc1ncccc1C(=O)NCCc1ccsc1. The van der Waals surface area contributed by atoms with Crippen molar-refractivity contribution in [2.45, 2.75) is 19.8 Å². The number of carbonyl (C=O) groups excluding carboxylic acids is 1. The molecule has 20 heavy (non-hydrogen) atoms. The molecule has 2 aromatic rings. The van der Waals surface area contributed by atoms with Crippen molar-refractivity contribution in [3.05, 3.63) is 46.3 Å². The molecule has 2 N–H and O–H groups in total. The Balaban J connectivity index is 1.91. The van der Waals surface area contributed by atoms with E-state index in [1.165, 1.54) is 5.56 Å². The normalized spacial score (nSPS) is 10.2. The Bertz CT molecular complexity index is 540. The molecule has 0 saturated heterocycles. The highest BCUT2D eigenvalue weighted by Crippen LogP contribution is 2.11. The van der Waals surface area contributed by atoms with Gasteiger partial charge in [-0.05, 0) is 47.4 Å². The molecule has 2 aromatic heterocycles. The maximum absolute atomic E-state index is 12.2. The van der Waals surface area contributed by atoms with Crippen LogP contribution in [0.3, 0.4) is 0 Å². The van der Waals surface area contributed by atoms with Crippen LogP contribution in [0, 0.1) is 0 Å². The number of amides is 1. The molecule has 0 aliphatic carbocycles. The van der Waals surface area contributed by atoms with Crippen molar-refractivity contribution in [3.8, 4) is 0 Å². The number of pyridine rings is 1. The highest BCUT2D eigenvalue weighted by molar-refractivity contribution is 7.07. The van der Waals surface area contributed by atoms with E-state index in [4.69, 9.17) is 0 Å². The molecule has 0 spiro atoms. The Morgan fingerprint density at radius 2 is 2.25 bits per heavy atom. The van der Waals surface area contributed by atoms with Gasteiger partial charge in [-0.1, -0.05) is 6.92 Å². The Morgan fingerprint density at radius 1 is 1.35 bits per heavy atom. The average molecular weight is 289 g/mol. The van der Waals surface area contributed by atoms with E-state index < -0.39 is 0 Å². The highest BCUT2D eigenvalue weighted by atomic mass is 32.1. The molecule has 0 aromatic carbocycles. The summed E-state index contributed by atoms with van der Waals surface area (Å²) in [6.45, 7) is 3.53. The van der Waals surface area contributed by atoms with Gasteiger partial charge in [-0.3, -0.25) is 4.79 Å². The third-order valence-corrected chi connectivity index (χ3v) is 3.61. The van der Waals surface area contributed by atoms with Crippen LogP contribution < -0.4 is 10.6 Å². The Labute approximate surface area is 123 Å². The van der Waals surface area contributed by atoms with Gasteiger partial charge in [0, 0.05) is 19.3 Å². The Morgan fingerprint density at radius 3 is 3.00 bits per heavy atom. The van der Waals surface area contributed by atoms with E-state index >= 15 is 0 Å². The lowest BCUT2D eigenvalue weighted by Crippen LogP contribution is -2.26. The molecule has 1 amide bonds. The Kier molecular flexibility index (Phi) is 5.55. The zero-order valence-electron chi connectivity index (χ0n) is 11.6. The summed E-state index contributed by atoms with van der Waals surface area (Å²) in [4.78, 5) is 16.4. The number of rotatable bonds is 7. The molecular weight excluding hydrogens is 270 g/mol. The van der Waals surface area contributed by atoms with Crippen molar-refractivity contribution in [2.24, 2.45) is 0 Å². The summed E-state index contributed by atoms with van der Waals surface area (Å²) in [6, 6.07) is 5.66. The van der Waals surface area contributed by atoms with Crippen LogP contribution in [0.1, 0.15) is 29.3 Å². The van der Waals surface area contributed by atoms with Crippen molar-refractivity contribution in [2.75, 3.05) is 18.4 Å². The van der Waals surface area contributed by atoms with Gasteiger partial charge in [-0.15, -0.1) is 0 Å². The van der Waals surface area contributed by atoms with E-state index in [9.17, 15) is 4.79 Å². The van der Waals surface area contributed by atoms with Crippen LogP contribution in [-0.4, -0.2) is 24.0 Å². The van der Waals surface area contributed by atoms with Crippen LogP contribution in [0.5, 0.6) is 0 Å². The minimum Gasteiger partial charge on any atom is -0.369 e. The fourth-order valence-corrected chi connectivity index (χ4v) is 2.53. The van der Waals surface area contributed by atoms with Gasteiger partial charge in [-0.25, -0.2) is 4.98 Å². The van der Waals surface area contributed by atoms with Gasteiger partial charge in [0.2, 0.25) is 0 Å². The summed E-state index contributed by atoms with van der Waals surface area (Å²) in [6.07, 6.45) is 3.54. The van der Waals surface area contributed by atoms with E-state index in [1.807, 2.05) is 5.38 Å². The summed E-state index contributed by atoms with van der Waals surface area (Å²) >= 11 is 1.67. The van der Waals surface area contributed by atoms with E-state index in [2.05, 4.69) is 34.0 Å². The number of carbonyl (C=O) groups is 1. The van der Waals surface area contributed by atoms with E-state index in [-0.39, 0.29) is 5.91 Å². The molecule has 0 atom stereocenters. The predicted molar refractivity (Wildman–Crippen MR) is 83.4 cm³/mol. The molecular formula is C15H19N3OS. The number of thiophene rings is 1. The fourth-order valence-electron chi connectivity index (χ4n) is 1.82. The summed E-state index contributed by atoms with van der Waals surface area (Å²) < 4.78 is 0. The zero-order valence-corrected chi connectivity index (χ0v) is 12.4. The minimum absolute atomic E-state index is 0.0769. The maximum atomic E-state index is 12.2. The first-order valence-corrected chi connectivity index (χ1v) is 7.73. The minimum atomic E-state index is -0.0769. The second-order valence-corrected chi connectivity index (χ2v) is 5.24. The number of anilines is 1. The van der Waals surface area contributed by atoms with E-state index in [1.54, 1.807) is 29.7 Å². The topological polar surface area (TPSA) is 54.0 Å². The third kappa shape index (κ3) is 4.06. The van der Waals surface area contributed by atoms with Gasteiger partial charge in [0.1, 0.15) is 5.82 Å². The van der Waals surface area contributed by atoms with Crippen molar-refractivity contribution < 1.29 is 4.79 Å². The molecule has 2 heterocycles. The van der Waals surface area contributed by atoms with Gasteiger partial charge in [0.25, 0.3) is 5.91 Å². The van der Waals surface area contributed by atoms with Crippen LogP contribution >= 0.6 is 11.3 Å². The number of hydrogen-bond acceptors (Lipinski definition) is 4. The van der Waals surface area contributed by atoms with Crippen LogP contribution in [-0.2, 0) is 6.42 Å². The second kappa shape index (κ2) is 7.65. The Hall–Kier alpha value is -1.88. The third-order valence-electron chi connectivity index (χ3n) is 2.87. The average Bonchev–Trinajstić information content (AvgIpc) is 2.98. The van der Waals surface area contributed by atoms with Crippen molar-refractivity contribution >= 4 is 23.1 Å². The van der Waals surface area contributed by atoms with Crippen molar-refractivity contribution in [1.29, 1.82) is 0 Å².